The second kappa shape index (κ2) is 4.14. The molecule has 6 heteroatoms. The van der Waals surface area contributed by atoms with Crippen molar-refractivity contribution in [2.45, 2.75) is 23.6 Å². The minimum atomic E-state index is -1.74. The molecule has 2 bridgehead atoms. The highest BCUT2D eigenvalue weighted by Gasteiger charge is 2.56. The van der Waals surface area contributed by atoms with E-state index >= 15 is 0 Å². The molecule has 0 radical (unpaired) electrons. The molecule has 0 aromatic heterocycles. The van der Waals surface area contributed by atoms with Crippen molar-refractivity contribution in [3.63, 3.8) is 0 Å². The van der Waals surface area contributed by atoms with Crippen molar-refractivity contribution in [1.82, 2.24) is 0 Å². The zero-order chi connectivity index (χ0) is 13.6. The van der Waals surface area contributed by atoms with E-state index in [-0.39, 0.29) is 11.5 Å². The maximum absolute atomic E-state index is 12.0. The normalized spacial score (nSPS) is 31.8. The van der Waals surface area contributed by atoms with E-state index < -0.39 is 21.7 Å². The highest BCUT2D eigenvalue weighted by Crippen LogP contribution is 2.39. The quantitative estimate of drug-likeness (QED) is 0.418. The number of esters is 2. The van der Waals surface area contributed by atoms with Crippen LogP contribution in [0.15, 0.2) is 24.3 Å². The first-order valence-corrected chi connectivity index (χ1v) is 5.93. The van der Waals surface area contributed by atoms with Gasteiger partial charge in [0.15, 0.2) is 9.75 Å². The lowest BCUT2D eigenvalue weighted by atomic mass is 9.94. The molecule has 0 saturated heterocycles. The summed E-state index contributed by atoms with van der Waals surface area (Å²) in [6.45, 7) is 2.64. The van der Waals surface area contributed by atoms with Crippen LogP contribution in [-0.2, 0) is 9.59 Å². The second-order valence-corrected chi connectivity index (χ2v) is 5.77. The molecule has 2 rings (SSSR count). The van der Waals surface area contributed by atoms with Gasteiger partial charge in [0.05, 0.1) is 0 Å². The molecule has 4 nitrogen and oxygen atoms in total. The molecule has 0 spiro atoms. The summed E-state index contributed by atoms with van der Waals surface area (Å²) in [7, 11) is 0. The summed E-state index contributed by atoms with van der Waals surface area (Å²) >= 11 is 12.1. The molecule has 1 heterocycles. The highest BCUT2D eigenvalue weighted by atomic mass is 35.5. The highest BCUT2D eigenvalue weighted by molar-refractivity contribution is 6.47. The van der Waals surface area contributed by atoms with E-state index in [1.165, 1.54) is 19.9 Å². The van der Waals surface area contributed by atoms with Gasteiger partial charge in [-0.1, -0.05) is 6.07 Å². The minimum Gasteiger partial charge on any atom is -0.425 e. The van der Waals surface area contributed by atoms with Crippen LogP contribution in [0.25, 0.3) is 0 Å². The van der Waals surface area contributed by atoms with E-state index in [0.29, 0.717) is 0 Å². The number of ether oxygens (including phenoxy) is 2. The van der Waals surface area contributed by atoms with Crippen LogP contribution in [0.5, 0.6) is 11.5 Å². The van der Waals surface area contributed by atoms with Crippen LogP contribution in [-0.4, -0.2) is 21.7 Å². The minimum absolute atomic E-state index is 0.242. The molecule has 0 saturated carbocycles. The van der Waals surface area contributed by atoms with Gasteiger partial charge in [0, 0.05) is 6.07 Å². The third-order valence-electron chi connectivity index (χ3n) is 2.87. The van der Waals surface area contributed by atoms with E-state index in [9.17, 15) is 9.59 Å². The Balaban J connectivity index is 2.55. The number of halogens is 2. The molecule has 1 aliphatic heterocycles. The van der Waals surface area contributed by atoms with Gasteiger partial charge in [-0.2, -0.15) is 0 Å². The maximum Gasteiger partial charge on any atom is 0.334 e. The summed E-state index contributed by atoms with van der Waals surface area (Å²) < 4.78 is 10.2. The molecule has 1 aliphatic rings. The number of rotatable bonds is 0. The fraction of sp³-hybridized carbons (Fsp3) is 0.333. The van der Waals surface area contributed by atoms with Gasteiger partial charge in [0.25, 0.3) is 0 Å². The Labute approximate surface area is 114 Å². The van der Waals surface area contributed by atoms with Crippen LogP contribution in [0, 0.1) is 0 Å². The molecule has 0 fully saturated rings. The Bertz CT molecular complexity index is 479. The summed E-state index contributed by atoms with van der Waals surface area (Å²) in [5.74, 6) is -1.13. The number of hydrogen-bond donors (Lipinski definition) is 0. The number of hydrogen-bond acceptors (Lipinski definition) is 4. The van der Waals surface area contributed by atoms with Crippen LogP contribution in [0.2, 0.25) is 0 Å². The molecular formula is C12H10Cl2O4. The first kappa shape index (κ1) is 13.2. The first-order chi connectivity index (χ1) is 8.25. The van der Waals surface area contributed by atoms with Gasteiger partial charge in [-0.15, -0.1) is 23.2 Å². The Morgan fingerprint density at radius 1 is 0.944 bits per heavy atom. The fourth-order valence-electron chi connectivity index (χ4n) is 1.39. The van der Waals surface area contributed by atoms with E-state index in [2.05, 4.69) is 0 Å². The third-order valence-corrected chi connectivity index (χ3v) is 4.04. The number of carbonyl (C=O) groups is 2. The summed E-state index contributed by atoms with van der Waals surface area (Å²) in [6.07, 6.45) is 0. The van der Waals surface area contributed by atoms with Gasteiger partial charge < -0.3 is 9.47 Å². The molecule has 0 N–H and O–H groups in total. The summed E-state index contributed by atoms with van der Waals surface area (Å²) in [6, 6.07) is 6.12. The number of alkyl halides is 2. The zero-order valence-corrected chi connectivity index (χ0v) is 11.2. The van der Waals surface area contributed by atoms with Crippen molar-refractivity contribution >= 4 is 35.1 Å². The predicted molar refractivity (Wildman–Crippen MR) is 66.2 cm³/mol. The van der Waals surface area contributed by atoms with Crippen molar-refractivity contribution in [3.8, 4) is 11.5 Å². The fourth-order valence-corrected chi connectivity index (χ4v) is 1.62. The molecular weight excluding hydrogens is 279 g/mol. The molecule has 1 aromatic rings. The summed E-state index contributed by atoms with van der Waals surface area (Å²) in [5.41, 5.74) is 0. The Kier molecular flexibility index (Phi) is 3.03. The molecule has 0 amide bonds. The van der Waals surface area contributed by atoms with Gasteiger partial charge in [0.2, 0.25) is 0 Å². The molecule has 96 valence electrons. The van der Waals surface area contributed by atoms with Crippen LogP contribution < -0.4 is 9.47 Å². The predicted octanol–water partition coefficient (Wildman–Crippen LogP) is 2.51. The lowest BCUT2D eigenvalue weighted by molar-refractivity contribution is -0.145. The lowest BCUT2D eigenvalue weighted by Gasteiger charge is -2.31. The van der Waals surface area contributed by atoms with Crippen molar-refractivity contribution in [2.75, 3.05) is 0 Å². The zero-order valence-electron chi connectivity index (χ0n) is 9.70. The van der Waals surface area contributed by atoms with Gasteiger partial charge >= 0.3 is 11.9 Å². The Morgan fingerprint density at radius 2 is 1.33 bits per heavy atom. The monoisotopic (exact) mass is 288 g/mol. The second-order valence-electron chi connectivity index (χ2n) is 4.26. The third kappa shape index (κ3) is 1.95. The average molecular weight is 289 g/mol. The van der Waals surface area contributed by atoms with E-state index in [1.807, 2.05) is 0 Å². The lowest BCUT2D eigenvalue weighted by Crippen LogP contribution is -2.55. The van der Waals surface area contributed by atoms with Crippen molar-refractivity contribution in [1.29, 1.82) is 0 Å². The van der Waals surface area contributed by atoms with Crippen molar-refractivity contribution in [2.24, 2.45) is 0 Å². The van der Waals surface area contributed by atoms with Crippen LogP contribution in [0.4, 0.5) is 0 Å². The molecule has 1 aromatic carbocycles. The van der Waals surface area contributed by atoms with Gasteiger partial charge in [-0.25, -0.2) is 9.59 Å². The van der Waals surface area contributed by atoms with Crippen molar-refractivity contribution < 1.29 is 19.1 Å². The van der Waals surface area contributed by atoms with Gasteiger partial charge in [-0.3, -0.25) is 0 Å². The summed E-state index contributed by atoms with van der Waals surface area (Å²) in [5, 5.41) is 0. The topological polar surface area (TPSA) is 52.6 Å². The standard InChI is InChI=1S/C12H10Cl2O4/c1-11(13)9(15)17-7-4-3-5-8(6-7)18-10(16)12(11,2)14/h3-6H,1-2H3. The maximum atomic E-state index is 12.0. The van der Waals surface area contributed by atoms with E-state index in [0.717, 1.165) is 0 Å². The largest absolute Gasteiger partial charge is 0.425 e. The Hall–Kier alpha value is -1.26. The van der Waals surface area contributed by atoms with Crippen LogP contribution in [0.1, 0.15) is 13.8 Å². The average Bonchev–Trinajstić information content (AvgIpc) is 2.29. The SMILES string of the molecule is CC1(Cl)C(=O)Oc2cccc(c2)OC(=O)C1(C)Cl. The van der Waals surface area contributed by atoms with Gasteiger partial charge in [0.1, 0.15) is 11.5 Å². The van der Waals surface area contributed by atoms with Crippen LogP contribution in [0.3, 0.4) is 0 Å². The van der Waals surface area contributed by atoms with Gasteiger partial charge in [-0.05, 0) is 26.0 Å². The number of carbonyl (C=O) groups excluding carboxylic acids is 2. The molecule has 18 heavy (non-hydrogen) atoms. The van der Waals surface area contributed by atoms with E-state index in [1.54, 1.807) is 18.2 Å². The number of benzene rings is 1. The van der Waals surface area contributed by atoms with E-state index in [4.69, 9.17) is 32.7 Å². The smallest absolute Gasteiger partial charge is 0.334 e. The molecule has 0 aliphatic carbocycles. The first-order valence-electron chi connectivity index (χ1n) is 5.17. The molecule has 2 atom stereocenters. The molecule has 2 unspecified atom stereocenters. The Morgan fingerprint density at radius 3 is 1.72 bits per heavy atom. The van der Waals surface area contributed by atoms with Crippen molar-refractivity contribution in [3.05, 3.63) is 24.3 Å². The summed E-state index contributed by atoms with van der Waals surface area (Å²) in [4.78, 5) is 20.4. The van der Waals surface area contributed by atoms with Crippen LogP contribution >= 0.6 is 23.2 Å². The number of fused-ring (bicyclic) bond motifs is 2.